The number of rotatable bonds is 7. The van der Waals surface area contributed by atoms with Crippen LogP contribution in [-0.2, 0) is 9.47 Å². The van der Waals surface area contributed by atoms with Crippen molar-refractivity contribution in [1.29, 1.82) is 0 Å². The Morgan fingerprint density at radius 1 is 1.22 bits per heavy atom. The number of ether oxygens (including phenoxy) is 2. The number of amides is 1. The molecule has 2 heterocycles. The summed E-state index contributed by atoms with van der Waals surface area (Å²) in [6.07, 6.45) is 1.91. The van der Waals surface area contributed by atoms with Crippen molar-refractivity contribution in [2.24, 2.45) is 16.8 Å². The van der Waals surface area contributed by atoms with Gasteiger partial charge in [0.15, 0.2) is 5.96 Å². The number of piperidine rings is 1. The topological polar surface area (TPSA) is 69.6 Å². The van der Waals surface area contributed by atoms with Gasteiger partial charge in [-0.15, -0.1) is 24.0 Å². The van der Waals surface area contributed by atoms with E-state index in [-0.39, 0.29) is 30.1 Å². The maximum absolute atomic E-state index is 12.4. The summed E-state index contributed by atoms with van der Waals surface area (Å²) in [6, 6.07) is 0. The molecule has 0 bridgehead atoms. The Bertz CT molecular complexity index is 570. The number of nitrogens with zero attached hydrogens (tertiary/aromatic N) is 4. The minimum atomic E-state index is -0.453. The first-order chi connectivity index (χ1) is 14.7. The number of aliphatic imine (C=N–C) groups is 1. The summed E-state index contributed by atoms with van der Waals surface area (Å²) >= 11 is 0. The summed E-state index contributed by atoms with van der Waals surface area (Å²) in [4.78, 5) is 23.6. The van der Waals surface area contributed by atoms with Gasteiger partial charge in [-0.1, -0.05) is 6.92 Å². The first kappa shape index (κ1) is 29.2. The van der Waals surface area contributed by atoms with Gasteiger partial charge in [0, 0.05) is 59.4 Å². The van der Waals surface area contributed by atoms with Gasteiger partial charge in [-0.05, 0) is 52.4 Å². The summed E-state index contributed by atoms with van der Waals surface area (Å²) in [7, 11) is 1.86. The number of carbonyl (C=O) groups is 1. The minimum absolute atomic E-state index is 0. The maximum atomic E-state index is 12.4. The van der Waals surface area contributed by atoms with Crippen molar-refractivity contribution in [1.82, 2.24) is 20.0 Å². The molecular weight excluding hydrogens is 521 g/mol. The van der Waals surface area contributed by atoms with Crippen LogP contribution in [0.25, 0.3) is 0 Å². The number of hydrogen-bond donors (Lipinski definition) is 1. The van der Waals surface area contributed by atoms with Crippen LogP contribution in [0.3, 0.4) is 0 Å². The van der Waals surface area contributed by atoms with E-state index in [0.29, 0.717) is 18.4 Å². The summed E-state index contributed by atoms with van der Waals surface area (Å²) in [6.45, 7) is 19.2. The molecule has 32 heavy (non-hydrogen) atoms. The Kier molecular flexibility index (Phi) is 13.2. The highest BCUT2D eigenvalue weighted by molar-refractivity contribution is 14.0. The normalized spacial score (nSPS) is 19.8. The third kappa shape index (κ3) is 10.4. The van der Waals surface area contributed by atoms with Crippen LogP contribution in [0.5, 0.6) is 0 Å². The second-order valence-electron chi connectivity index (χ2n) is 9.90. The molecule has 188 valence electrons. The summed E-state index contributed by atoms with van der Waals surface area (Å²) in [5, 5.41) is 3.57. The Morgan fingerprint density at radius 3 is 2.38 bits per heavy atom. The highest BCUT2D eigenvalue weighted by Gasteiger charge is 2.27. The predicted molar refractivity (Wildman–Crippen MR) is 141 cm³/mol. The molecule has 1 atom stereocenters. The van der Waals surface area contributed by atoms with Gasteiger partial charge in [0.1, 0.15) is 5.60 Å². The monoisotopic (exact) mass is 567 g/mol. The van der Waals surface area contributed by atoms with E-state index in [4.69, 9.17) is 9.47 Å². The van der Waals surface area contributed by atoms with Crippen molar-refractivity contribution in [3.63, 3.8) is 0 Å². The number of nitrogens with one attached hydrogen (secondary N) is 1. The molecular formula is C23H46IN5O3. The fourth-order valence-electron chi connectivity index (χ4n) is 4.19. The first-order valence-corrected chi connectivity index (χ1v) is 12.0. The van der Waals surface area contributed by atoms with Gasteiger partial charge in [0.2, 0.25) is 0 Å². The third-order valence-corrected chi connectivity index (χ3v) is 5.92. The molecule has 0 saturated carbocycles. The Morgan fingerprint density at radius 2 is 1.84 bits per heavy atom. The number of carbonyl (C=O) groups excluding carboxylic acids is 1. The van der Waals surface area contributed by atoms with Crippen molar-refractivity contribution in [3.05, 3.63) is 0 Å². The summed E-state index contributed by atoms with van der Waals surface area (Å²) < 4.78 is 11.0. The van der Waals surface area contributed by atoms with Crippen LogP contribution in [0.4, 0.5) is 4.79 Å². The quantitative estimate of drug-likeness (QED) is 0.290. The fourth-order valence-corrected chi connectivity index (χ4v) is 4.19. The van der Waals surface area contributed by atoms with Crippen molar-refractivity contribution < 1.29 is 14.3 Å². The van der Waals surface area contributed by atoms with Gasteiger partial charge < -0.3 is 24.6 Å². The van der Waals surface area contributed by atoms with Crippen LogP contribution in [0.2, 0.25) is 0 Å². The SMILES string of the molecule is CCN(CC1CCN(C(=NC)NCC(C)CN2CCOCC2)CC1)C(=O)OC(C)(C)C.I. The highest BCUT2D eigenvalue weighted by atomic mass is 127. The van der Waals surface area contributed by atoms with E-state index in [2.05, 4.69) is 27.0 Å². The van der Waals surface area contributed by atoms with Crippen LogP contribution < -0.4 is 5.32 Å². The van der Waals surface area contributed by atoms with Crippen molar-refractivity contribution in [3.8, 4) is 0 Å². The molecule has 1 unspecified atom stereocenters. The average Bonchev–Trinajstić information content (AvgIpc) is 2.72. The van der Waals surface area contributed by atoms with Gasteiger partial charge in [-0.25, -0.2) is 4.79 Å². The number of likely N-dealkylation sites (tertiary alicyclic amines) is 1. The molecule has 0 radical (unpaired) electrons. The molecule has 1 N–H and O–H groups in total. The van der Waals surface area contributed by atoms with Gasteiger partial charge >= 0.3 is 6.09 Å². The van der Waals surface area contributed by atoms with Crippen LogP contribution in [0.1, 0.15) is 47.5 Å². The zero-order chi connectivity index (χ0) is 22.9. The number of hydrogen-bond acceptors (Lipinski definition) is 5. The van der Waals surface area contributed by atoms with E-state index in [0.717, 1.165) is 77.8 Å². The predicted octanol–water partition coefficient (Wildman–Crippen LogP) is 3.12. The van der Waals surface area contributed by atoms with Crippen LogP contribution in [-0.4, -0.2) is 105 Å². The molecule has 1 amide bonds. The first-order valence-electron chi connectivity index (χ1n) is 12.0. The van der Waals surface area contributed by atoms with Crippen molar-refractivity contribution >= 4 is 36.0 Å². The number of halogens is 1. The van der Waals surface area contributed by atoms with Crippen molar-refractivity contribution in [2.75, 3.05) is 72.6 Å². The van der Waals surface area contributed by atoms with Crippen molar-refractivity contribution in [2.45, 2.75) is 53.1 Å². The second-order valence-corrected chi connectivity index (χ2v) is 9.90. The number of guanidine groups is 1. The van der Waals surface area contributed by atoms with E-state index >= 15 is 0 Å². The standard InChI is InChI=1S/C23H45N5O3.HI/c1-7-27(22(29)31-23(3,4)5)18-20-8-10-28(11-9-20)21(24-6)25-16-19(2)17-26-12-14-30-15-13-26;/h19-20H,7-18H2,1-6H3,(H,24,25);1H. The van der Waals surface area contributed by atoms with Gasteiger partial charge in [0.05, 0.1) is 13.2 Å². The molecule has 9 heteroatoms. The van der Waals surface area contributed by atoms with E-state index in [1.807, 2.05) is 39.6 Å². The smallest absolute Gasteiger partial charge is 0.410 e. The molecule has 2 aliphatic heterocycles. The summed E-state index contributed by atoms with van der Waals surface area (Å²) in [5.41, 5.74) is -0.453. The Balaban J connectivity index is 0.00000512. The molecule has 0 aromatic carbocycles. The lowest BCUT2D eigenvalue weighted by molar-refractivity contribution is 0.0214. The molecule has 8 nitrogen and oxygen atoms in total. The van der Waals surface area contributed by atoms with E-state index in [1.165, 1.54) is 0 Å². The minimum Gasteiger partial charge on any atom is -0.444 e. The largest absolute Gasteiger partial charge is 0.444 e. The van der Waals surface area contributed by atoms with Crippen LogP contribution in [0.15, 0.2) is 4.99 Å². The average molecular weight is 568 g/mol. The lowest BCUT2D eigenvalue weighted by atomic mass is 9.96. The molecule has 2 saturated heterocycles. The zero-order valence-corrected chi connectivity index (χ0v) is 23.4. The second kappa shape index (κ2) is 14.5. The van der Waals surface area contributed by atoms with Gasteiger partial charge in [-0.3, -0.25) is 9.89 Å². The molecule has 2 fully saturated rings. The zero-order valence-electron chi connectivity index (χ0n) is 21.1. The van der Waals surface area contributed by atoms with Crippen LogP contribution in [0, 0.1) is 11.8 Å². The summed E-state index contributed by atoms with van der Waals surface area (Å²) in [5.74, 6) is 2.05. The molecule has 0 aliphatic carbocycles. The van der Waals surface area contributed by atoms with Gasteiger partial charge in [0.25, 0.3) is 0 Å². The molecule has 2 rings (SSSR count). The van der Waals surface area contributed by atoms with Crippen LogP contribution >= 0.6 is 24.0 Å². The molecule has 2 aliphatic rings. The molecule has 0 spiro atoms. The van der Waals surface area contributed by atoms with E-state index in [1.54, 1.807) is 0 Å². The Hall–Kier alpha value is -0.810. The van der Waals surface area contributed by atoms with Gasteiger partial charge in [-0.2, -0.15) is 0 Å². The number of morpholine rings is 1. The van der Waals surface area contributed by atoms with E-state index in [9.17, 15) is 4.79 Å². The maximum Gasteiger partial charge on any atom is 0.410 e. The Labute approximate surface area is 212 Å². The fraction of sp³-hybridized carbons (Fsp3) is 0.913. The molecule has 0 aromatic rings. The highest BCUT2D eigenvalue weighted by Crippen LogP contribution is 2.20. The third-order valence-electron chi connectivity index (χ3n) is 5.92. The lowest BCUT2D eigenvalue weighted by Crippen LogP contribution is -2.49. The molecule has 0 aromatic heterocycles. The lowest BCUT2D eigenvalue weighted by Gasteiger charge is -2.37. The van der Waals surface area contributed by atoms with E-state index < -0.39 is 5.60 Å².